The number of carbonyl (C=O) groups is 2. The average molecular weight is 383 g/mol. The van der Waals surface area contributed by atoms with E-state index in [0.717, 1.165) is 24.2 Å². The molecule has 148 valence electrons. The van der Waals surface area contributed by atoms with Gasteiger partial charge in [-0.3, -0.25) is 14.3 Å². The molecule has 4 rings (SSSR count). The Hall–Kier alpha value is -2.87. The Kier molecular flexibility index (Phi) is 5.04. The second kappa shape index (κ2) is 7.63. The summed E-state index contributed by atoms with van der Waals surface area (Å²) >= 11 is 0. The largest absolute Gasteiger partial charge is 0.494 e. The van der Waals surface area contributed by atoms with Crippen molar-refractivity contribution in [3.63, 3.8) is 0 Å². The van der Waals surface area contributed by atoms with Crippen LogP contribution in [0.25, 0.3) is 0 Å². The lowest BCUT2D eigenvalue weighted by atomic mass is 9.90. The molecule has 2 aliphatic rings. The molecule has 1 aromatic heterocycles. The van der Waals surface area contributed by atoms with Crippen LogP contribution in [-0.4, -0.2) is 48.3 Å². The standard InChI is InChI=1S/C20H25N5O3/c1-24-12-13(9-22-24)15-10-21-11-16(15)20(27)23-14-5-6-17(18(8-14)28-2)25-7-3-4-19(25)26/h5-6,8-9,12,15-16,21H,3-4,7,10-11H2,1-2H3,(H,23,27)/t15-,16+/m1/s1. The molecule has 0 saturated carbocycles. The number of methoxy groups -OCH3 is 1. The quantitative estimate of drug-likeness (QED) is 0.817. The summed E-state index contributed by atoms with van der Waals surface area (Å²) in [6, 6.07) is 5.44. The van der Waals surface area contributed by atoms with Crippen LogP contribution < -0.4 is 20.3 Å². The van der Waals surface area contributed by atoms with Gasteiger partial charge in [0.2, 0.25) is 11.8 Å². The highest BCUT2D eigenvalue weighted by atomic mass is 16.5. The maximum Gasteiger partial charge on any atom is 0.229 e. The molecule has 2 saturated heterocycles. The van der Waals surface area contributed by atoms with E-state index in [0.29, 0.717) is 30.9 Å². The van der Waals surface area contributed by atoms with Crippen molar-refractivity contribution in [1.82, 2.24) is 15.1 Å². The molecule has 2 N–H and O–H groups in total. The van der Waals surface area contributed by atoms with Crippen molar-refractivity contribution in [3.05, 3.63) is 36.2 Å². The number of aromatic nitrogens is 2. The van der Waals surface area contributed by atoms with Crippen molar-refractivity contribution in [2.45, 2.75) is 18.8 Å². The molecule has 2 aliphatic heterocycles. The van der Waals surface area contributed by atoms with Gasteiger partial charge in [-0.1, -0.05) is 0 Å². The number of ether oxygens (including phenoxy) is 1. The fourth-order valence-corrected chi connectivity index (χ4v) is 4.05. The molecule has 2 amide bonds. The maximum atomic E-state index is 12.9. The maximum absolute atomic E-state index is 12.9. The summed E-state index contributed by atoms with van der Waals surface area (Å²) < 4.78 is 7.23. The van der Waals surface area contributed by atoms with Crippen molar-refractivity contribution in [1.29, 1.82) is 0 Å². The first-order chi connectivity index (χ1) is 13.6. The van der Waals surface area contributed by atoms with Gasteiger partial charge < -0.3 is 20.3 Å². The second-order valence-corrected chi connectivity index (χ2v) is 7.34. The van der Waals surface area contributed by atoms with E-state index in [1.54, 1.807) is 22.8 Å². The van der Waals surface area contributed by atoms with Crippen LogP contribution in [0.15, 0.2) is 30.6 Å². The number of rotatable bonds is 5. The molecular weight excluding hydrogens is 358 g/mol. The third kappa shape index (κ3) is 3.47. The van der Waals surface area contributed by atoms with E-state index < -0.39 is 0 Å². The molecule has 8 nitrogen and oxygen atoms in total. The number of hydrogen-bond acceptors (Lipinski definition) is 5. The SMILES string of the molecule is COc1cc(NC(=O)[C@H]2CNC[C@@H]2c2cnn(C)c2)ccc1N1CCCC1=O. The highest BCUT2D eigenvalue weighted by Gasteiger charge is 2.35. The molecule has 0 spiro atoms. The minimum absolute atomic E-state index is 0.0362. The van der Waals surface area contributed by atoms with E-state index in [2.05, 4.69) is 15.7 Å². The number of carbonyl (C=O) groups excluding carboxylic acids is 2. The predicted octanol–water partition coefficient (Wildman–Crippen LogP) is 1.50. The van der Waals surface area contributed by atoms with Crippen LogP contribution >= 0.6 is 0 Å². The molecule has 8 heteroatoms. The minimum atomic E-state index is -0.171. The summed E-state index contributed by atoms with van der Waals surface area (Å²) in [5, 5.41) is 10.5. The number of benzene rings is 1. The normalized spacial score (nSPS) is 21.9. The molecule has 0 radical (unpaired) electrons. The molecule has 1 aromatic carbocycles. The molecule has 2 fully saturated rings. The van der Waals surface area contributed by atoms with Crippen molar-refractivity contribution >= 4 is 23.2 Å². The van der Waals surface area contributed by atoms with Crippen molar-refractivity contribution in [3.8, 4) is 5.75 Å². The first kappa shape index (κ1) is 18.5. The minimum Gasteiger partial charge on any atom is -0.494 e. The summed E-state index contributed by atoms with van der Waals surface area (Å²) in [7, 11) is 3.45. The van der Waals surface area contributed by atoms with Gasteiger partial charge >= 0.3 is 0 Å². The zero-order valence-electron chi connectivity index (χ0n) is 16.1. The van der Waals surface area contributed by atoms with Crippen LogP contribution in [0.4, 0.5) is 11.4 Å². The van der Waals surface area contributed by atoms with Gasteiger partial charge in [0.1, 0.15) is 5.75 Å². The smallest absolute Gasteiger partial charge is 0.229 e. The first-order valence-electron chi connectivity index (χ1n) is 9.55. The van der Waals surface area contributed by atoms with Gasteiger partial charge in [0.25, 0.3) is 0 Å². The monoisotopic (exact) mass is 383 g/mol. The Morgan fingerprint density at radius 2 is 2.21 bits per heavy atom. The number of hydrogen-bond donors (Lipinski definition) is 2. The van der Waals surface area contributed by atoms with E-state index >= 15 is 0 Å². The average Bonchev–Trinajstić information content (AvgIpc) is 3.42. The highest BCUT2D eigenvalue weighted by Crippen LogP contribution is 2.35. The number of aryl methyl sites for hydroxylation is 1. The summed E-state index contributed by atoms with van der Waals surface area (Å²) in [5.41, 5.74) is 2.47. The number of nitrogens with one attached hydrogen (secondary N) is 2. The second-order valence-electron chi connectivity index (χ2n) is 7.34. The van der Waals surface area contributed by atoms with Crippen molar-refractivity contribution in [2.24, 2.45) is 13.0 Å². The van der Waals surface area contributed by atoms with Gasteiger partial charge in [-0.2, -0.15) is 5.10 Å². The fraction of sp³-hybridized carbons (Fsp3) is 0.450. The van der Waals surface area contributed by atoms with Gasteiger partial charge in [-0.05, 0) is 24.1 Å². The zero-order valence-corrected chi connectivity index (χ0v) is 16.1. The van der Waals surface area contributed by atoms with E-state index in [-0.39, 0.29) is 23.7 Å². The molecule has 0 bridgehead atoms. The van der Waals surface area contributed by atoms with E-state index in [1.807, 2.05) is 31.6 Å². The third-order valence-electron chi connectivity index (χ3n) is 5.52. The van der Waals surface area contributed by atoms with Crippen LogP contribution in [0.3, 0.4) is 0 Å². The molecule has 0 unspecified atom stereocenters. The Morgan fingerprint density at radius 3 is 2.89 bits per heavy atom. The number of anilines is 2. The van der Waals surface area contributed by atoms with E-state index in [1.165, 1.54) is 0 Å². The van der Waals surface area contributed by atoms with Gasteiger partial charge in [-0.15, -0.1) is 0 Å². The Morgan fingerprint density at radius 1 is 1.36 bits per heavy atom. The van der Waals surface area contributed by atoms with E-state index in [4.69, 9.17) is 4.74 Å². The van der Waals surface area contributed by atoms with Gasteiger partial charge in [0.05, 0.1) is 24.9 Å². The molecule has 3 heterocycles. The van der Waals surface area contributed by atoms with Crippen LogP contribution in [0.5, 0.6) is 5.75 Å². The zero-order chi connectivity index (χ0) is 19.7. The van der Waals surface area contributed by atoms with Crippen LogP contribution in [-0.2, 0) is 16.6 Å². The third-order valence-corrected chi connectivity index (χ3v) is 5.52. The summed E-state index contributed by atoms with van der Waals surface area (Å²) in [5.74, 6) is 0.575. The summed E-state index contributed by atoms with van der Waals surface area (Å²) in [4.78, 5) is 26.7. The topological polar surface area (TPSA) is 88.5 Å². The van der Waals surface area contributed by atoms with Crippen LogP contribution in [0.2, 0.25) is 0 Å². The lowest BCUT2D eigenvalue weighted by Crippen LogP contribution is -2.28. The highest BCUT2D eigenvalue weighted by molar-refractivity contribution is 5.98. The van der Waals surface area contributed by atoms with Gasteiger partial charge in [0, 0.05) is 57.0 Å². The molecule has 0 aliphatic carbocycles. The Labute approximate surface area is 163 Å². The van der Waals surface area contributed by atoms with Gasteiger partial charge in [-0.25, -0.2) is 0 Å². The van der Waals surface area contributed by atoms with Crippen LogP contribution in [0.1, 0.15) is 24.3 Å². The predicted molar refractivity (Wildman–Crippen MR) is 106 cm³/mol. The van der Waals surface area contributed by atoms with Gasteiger partial charge in [0.15, 0.2) is 0 Å². The molecule has 2 atom stereocenters. The van der Waals surface area contributed by atoms with Crippen molar-refractivity contribution < 1.29 is 14.3 Å². The fourth-order valence-electron chi connectivity index (χ4n) is 4.05. The Balaban J connectivity index is 1.50. The number of nitrogens with zero attached hydrogens (tertiary/aromatic N) is 3. The lowest BCUT2D eigenvalue weighted by molar-refractivity contribution is -0.119. The summed E-state index contributed by atoms with van der Waals surface area (Å²) in [6.45, 7) is 2.08. The van der Waals surface area contributed by atoms with Crippen molar-refractivity contribution in [2.75, 3.05) is 37.0 Å². The number of amides is 2. The molecular formula is C20H25N5O3. The Bertz CT molecular complexity index is 894. The summed E-state index contributed by atoms with van der Waals surface area (Å²) in [6.07, 6.45) is 5.20. The first-order valence-corrected chi connectivity index (χ1v) is 9.55. The van der Waals surface area contributed by atoms with Crippen LogP contribution in [0, 0.1) is 5.92 Å². The van der Waals surface area contributed by atoms with E-state index in [9.17, 15) is 9.59 Å². The molecule has 28 heavy (non-hydrogen) atoms. The molecule has 2 aromatic rings. The lowest BCUT2D eigenvalue weighted by Gasteiger charge is -2.21.